The van der Waals surface area contributed by atoms with E-state index in [0.29, 0.717) is 11.4 Å². The van der Waals surface area contributed by atoms with E-state index < -0.39 is 0 Å². The number of hydrogen-bond acceptors (Lipinski definition) is 5. The van der Waals surface area contributed by atoms with Gasteiger partial charge in [-0.05, 0) is 24.3 Å². The van der Waals surface area contributed by atoms with E-state index in [9.17, 15) is 4.39 Å². The second kappa shape index (κ2) is 6.94. The largest absolute Gasteiger partial charge is 0.354 e. The third-order valence-corrected chi connectivity index (χ3v) is 4.23. The first-order valence-corrected chi connectivity index (χ1v) is 8.31. The van der Waals surface area contributed by atoms with Crippen molar-refractivity contribution in [3.8, 4) is 22.6 Å². The molecule has 0 aliphatic carbocycles. The highest BCUT2D eigenvalue weighted by atomic mass is 19.1. The van der Waals surface area contributed by atoms with Crippen LogP contribution in [0.25, 0.3) is 22.6 Å². The van der Waals surface area contributed by atoms with Crippen LogP contribution < -0.4 is 10.2 Å². The van der Waals surface area contributed by atoms with Crippen LogP contribution in [0.1, 0.15) is 0 Å². The summed E-state index contributed by atoms with van der Waals surface area (Å²) >= 11 is 0. The molecule has 1 fully saturated rings. The molecule has 1 saturated heterocycles. The number of piperazine rings is 1. The number of rotatable bonds is 3. The molecule has 0 amide bonds. The van der Waals surface area contributed by atoms with Crippen LogP contribution >= 0.6 is 0 Å². The molecule has 1 aliphatic rings. The van der Waals surface area contributed by atoms with Crippen LogP contribution in [-0.4, -0.2) is 41.1 Å². The van der Waals surface area contributed by atoms with Crippen LogP contribution in [0.4, 0.5) is 10.2 Å². The fourth-order valence-corrected chi connectivity index (χ4v) is 2.92. The van der Waals surface area contributed by atoms with Crippen molar-refractivity contribution in [2.45, 2.75) is 0 Å². The van der Waals surface area contributed by atoms with Crippen LogP contribution in [0.3, 0.4) is 0 Å². The molecule has 0 unspecified atom stereocenters. The molecule has 25 heavy (non-hydrogen) atoms. The lowest BCUT2D eigenvalue weighted by atomic mass is 10.1. The third kappa shape index (κ3) is 3.34. The molecule has 0 saturated carbocycles. The Bertz CT molecular complexity index is 863. The summed E-state index contributed by atoms with van der Waals surface area (Å²) < 4.78 is 14.3. The molecular formula is C19H18FN5. The fraction of sp³-hybridized carbons (Fsp3) is 0.211. The summed E-state index contributed by atoms with van der Waals surface area (Å²) in [6.45, 7) is 3.53. The van der Waals surface area contributed by atoms with E-state index in [4.69, 9.17) is 0 Å². The molecule has 0 atom stereocenters. The zero-order chi connectivity index (χ0) is 17.1. The molecule has 3 heterocycles. The molecule has 3 aromatic rings. The van der Waals surface area contributed by atoms with E-state index in [1.807, 2.05) is 18.2 Å². The summed E-state index contributed by atoms with van der Waals surface area (Å²) in [6, 6.07) is 12.4. The first kappa shape index (κ1) is 15.7. The fourth-order valence-electron chi connectivity index (χ4n) is 2.92. The minimum absolute atomic E-state index is 0.322. The van der Waals surface area contributed by atoms with Crippen LogP contribution in [0.15, 0.2) is 54.9 Å². The summed E-state index contributed by atoms with van der Waals surface area (Å²) in [5.41, 5.74) is 2.04. The van der Waals surface area contributed by atoms with Gasteiger partial charge in [0.15, 0.2) is 5.82 Å². The molecule has 5 nitrogen and oxygen atoms in total. The average Bonchev–Trinajstić information content (AvgIpc) is 2.69. The monoisotopic (exact) mass is 335 g/mol. The van der Waals surface area contributed by atoms with E-state index >= 15 is 0 Å². The van der Waals surface area contributed by atoms with Crippen molar-refractivity contribution >= 4 is 5.82 Å². The predicted octanol–water partition coefficient (Wildman–Crippen LogP) is 2.75. The summed E-state index contributed by atoms with van der Waals surface area (Å²) in [6.07, 6.45) is 3.48. The summed E-state index contributed by atoms with van der Waals surface area (Å²) in [5, 5.41) is 3.33. The van der Waals surface area contributed by atoms with Gasteiger partial charge in [0.25, 0.3) is 0 Å². The molecule has 6 heteroatoms. The number of hydrogen-bond donors (Lipinski definition) is 1. The van der Waals surface area contributed by atoms with Crippen molar-refractivity contribution in [1.29, 1.82) is 0 Å². The van der Waals surface area contributed by atoms with E-state index in [0.717, 1.165) is 43.3 Å². The molecule has 1 aromatic carbocycles. The Balaban J connectivity index is 1.84. The number of halogens is 1. The highest BCUT2D eigenvalue weighted by molar-refractivity contribution is 5.67. The van der Waals surface area contributed by atoms with Gasteiger partial charge in [-0.2, -0.15) is 0 Å². The highest BCUT2D eigenvalue weighted by Gasteiger charge is 2.17. The summed E-state index contributed by atoms with van der Waals surface area (Å²) in [5.74, 6) is 0.888. The van der Waals surface area contributed by atoms with E-state index in [-0.39, 0.29) is 5.82 Å². The molecule has 4 rings (SSSR count). The SMILES string of the molecule is Fc1ccccc1-c1nc(-c2cccnc2)cc(N2CCNCC2)n1. The normalized spacial score (nSPS) is 14.5. The zero-order valence-electron chi connectivity index (χ0n) is 13.7. The number of pyridine rings is 1. The van der Waals surface area contributed by atoms with Crippen molar-refractivity contribution in [3.05, 3.63) is 60.7 Å². The first-order valence-electron chi connectivity index (χ1n) is 8.31. The van der Waals surface area contributed by atoms with E-state index in [2.05, 4.69) is 25.2 Å². The van der Waals surface area contributed by atoms with Gasteiger partial charge in [-0.3, -0.25) is 4.98 Å². The average molecular weight is 335 g/mol. The lowest BCUT2D eigenvalue weighted by Crippen LogP contribution is -2.44. The summed E-state index contributed by atoms with van der Waals surface area (Å²) in [7, 11) is 0. The number of aromatic nitrogens is 3. The van der Waals surface area contributed by atoms with Crippen LogP contribution in [-0.2, 0) is 0 Å². The van der Waals surface area contributed by atoms with Crippen LogP contribution in [0.5, 0.6) is 0 Å². The molecule has 1 aliphatic heterocycles. The van der Waals surface area contributed by atoms with Crippen molar-refractivity contribution in [2.75, 3.05) is 31.1 Å². The minimum Gasteiger partial charge on any atom is -0.354 e. The molecule has 0 spiro atoms. The lowest BCUT2D eigenvalue weighted by molar-refractivity contribution is 0.584. The Morgan fingerprint density at radius 3 is 2.60 bits per heavy atom. The molecule has 0 bridgehead atoms. The molecule has 0 radical (unpaired) electrons. The Labute approximate surface area is 145 Å². The number of benzene rings is 1. The van der Waals surface area contributed by atoms with E-state index in [1.54, 1.807) is 30.6 Å². The van der Waals surface area contributed by atoms with Gasteiger partial charge in [-0.1, -0.05) is 12.1 Å². The van der Waals surface area contributed by atoms with Gasteiger partial charge in [0.05, 0.1) is 11.3 Å². The minimum atomic E-state index is -0.322. The standard InChI is InChI=1S/C19H18FN5/c20-16-6-2-1-5-15(16)19-23-17(14-4-3-7-22-13-14)12-18(24-19)25-10-8-21-9-11-25/h1-7,12-13,21H,8-11H2. The summed E-state index contributed by atoms with van der Waals surface area (Å²) in [4.78, 5) is 15.6. The van der Waals surface area contributed by atoms with Gasteiger partial charge >= 0.3 is 0 Å². The van der Waals surface area contributed by atoms with Crippen molar-refractivity contribution < 1.29 is 4.39 Å². The zero-order valence-corrected chi connectivity index (χ0v) is 13.7. The maximum atomic E-state index is 14.3. The molecule has 2 aromatic heterocycles. The highest BCUT2D eigenvalue weighted by Crippen LogP contribution is 2.27. The number of nitrogens with zero attached hydrogens (tertiary/aromatic N) is 4. The van der Waals surface area contributed by atoms with Crippen LogP contribution in [0.2, 0.25) is 0 Å². The topological polar surface area (TPSA) is 53.9 Å². The predicted molar refractivity (Wildman–Crippen MR) is 95.7 cm³/mol. The van der Waals surface area contributed by atoms with Crippen molar-refractivity contribution in [2.24, 2.45) is 0 Å². The Morgan fingerprint density at radius 2 is 1.84 bits per heavy atom. The lowest BCUT2D eigenvalue weighted by Gasteiger charge is -2.29. The van der Waals surface area contributed by atoms with Gasteiger partial charge in [0.1, 0.15) is 11.6 Å². The molecular weight excluding hydrogens is 317 g/mol. The van der Waals surface area contributed by atoms with Gasteiger partial charge in [-0.15, -0.1) is 0 Å². The van der Waals surface area contributed by atoms with Crippen LogP contribution in [0, 0.1) is 5.82 Å². The second-order valence-corrected chi connectivity index (χ2v) is 5.89. The van der Waals surface area contributed by atoms with Crippen molar-refractivity contribution in [3.63, 3.8) is 0 Å². The van der Waals surface area contributed by atoms with Gasteiger partial charge < -0.3 is 10.2 Å². The maximum Gasteiger partial charge on any atom is 0.165 e. The Hall–Kier alpha value is -2.86. The van der Waals surface area contributed by atoms with Gasteiger partial charge in [0, 0.05) is 50.2 Å². The first-order chi connectivity index (χ1) is 12.3. The third-order valence-electron chi connectivity index (χ3n) is 4.23. The van der Waals surface area contributed by atoms with Crippen molar-refractivity contribution in [1.82, 2.24) is 20.3 Å². The quantitative estimate of drug-likeness (QED) is 0.798. The molecule has 1 N–H and O–H groups in total. The van der Waals surface area contributed by atoms with Gasteiger partial charge in [-0.25, -0.2) is 14.4 Å². The second-order valence-electron chi connectivity index (χ2n) is 5.89. The maximum absolute atomic E-state index is 14.3. The Kier molecular flexibility index (Phi) is 4.35. The Morgan fingerprint density at radius 1 is 1.00 bits per heavy atom. The molecule has 126 valence electrons. The number of nitrogens with one attached hydrogen (secondary N) is 1. The number of anilines is 1. The smallest absolute Gasteiger partial charge is 0.165 e. The van der Waals surface area contributed by atoms with E-state index in [1.165, 1.54) is 6.07 Å². The van der Waals surface area contributed by atoms with Gasteiger partial charge in [0.2, 0.25) is 0 Å².